The summed E-state index contributed by atoms with van der Waals surface area (Å²) in [5.41, 5.74) is 2.83. The number of benzene rings is 3. The number of anilines is 1. The zero-order chi connectivity index (χ0) is 28.6. The highest BCUT2D eigenvalue weighted by molar-refractivity contribution is 7.92. The van der Waals surface area contributed by atoms with Crippen molar-refractivity contribution in [3.63, 3.8) is 0 Å². The molecule has 7 nitrogen and oxygen atoms in total. The number of carbonyl (C=O) groups excluding carboxylic acids is 2. The summed E-state index contributed by atoms with van der Waals surface area (Å²) in [6.07, 6.45) is 1.04. The predicted octanol–water partition coefficient (Wildman–Crippen LogP) is 4.97. The van der Waals surface area contributed by atoms with Crippen molar-refractivity contribution in [3.05, 3.63) is 95.3 Å². The summed E-state index contributed by atoms with van der Waals surface area (Å²) in [5.74, 6) is -1.28. The van der Waals surface area contributed by atoms with Crippen molar-refractivity contribution in [1.29, 1.82) is 0 Å². The van der Waals surface area contributed by atoms with Crippen LogP contribution in [-0.4, -0.2) is 44.3 Å². The number of amides is 2. The molecule has 9 heteroatoms. The fourth-order valence-corrected chi connectivity index (χ4v) is 5.63. The van der Waals surface area contributed by atoms with Crippen molar-refractivity contribution in [2.24, 2.45) is 0 Å². The molecule has 1 unspecified atom stereocenters. The highest BCUT2D eigenvalue weighted by Crippen LogP contribution is 2.26. The molecule has 0 saturated heterocycles. The van der Waals surface area contributed by atoms with E-state index in [4.69, 9.17) is 0 Å². The Bertz CT molecular complexity index is 1380. The summed E-state index contributed by atoms with van der Waals surface area (Å²) in [4.78, 5) is 28.5. The molecule has 0 aliphatic heterocycles. The molecule has 39 heavy (non-hydrogen) atoms. The van der Waals surface area contributed by atoms with E-state index in [2.05, 4.69) is 5.32 Å². The van der Waals surface area contributed by atoms with Gasteiger partial charge in [0.1, 0.15) is 18.4 Å². The first-order chi connectivity index (χ1) is 18.6. The smallest absolute Gasteiger partial charge is 0.264 e. The second-order valence-corrected chi connectivity index (χ2v) is 11.3. The van der Waals surface area contributed by atoms with Gasteiger partial charge in [0.15, 0.2) is 0 Å². The van der Waals surface area contributed by atoms with E-state index in [-0.39, 0.29) is 17.3 Å². The number of carbonyl (C=O) groups is 2. The predicted molar refractivity (Wildman–Crippen MR) is 151 cm³/mol. The lowest BCUT2D eigenvalue weighted by Crippen LogP contribution is -2.52. The van der Waals surface area contributed by atoms with Crippen molar-refractivity contribution < 1.29 is 22.4 Å². The molecule has 3 rings (SSSR count). The van der Waals surface area contributed by atoms with E-state index in [0.717, 1.165) is 21.9 Å². The van der Waals surface area contributed by atoms with Crippen molar-refractivity contribution in [2.45, 2.75) is 58.0 Å². The largest absolute Gasteiger partial charge is 0.354 e. The van der Waals surface area contributed by atoms with Crippen LogP contribution >= 0.6 is 0 Å². The van der Waals surface area contributed by atoms with Gasteiger partial charge in [-0.2, -0.15) is 0 Å². The van der Waals surface area contributed by atoms with Crippen LogP contribution in [0.5, 0.6) is 0 Å². The molecule has 0 aliphatic carbocycles. The molecule has 3 aromatic carbocycles. The summed E-state index contributed by atoms with van der Waals surface area (Å²) < 4.78 is 42.3. The number of nitrogens with one attached hydrogen (secondary N) is 1. The Balaban J connectivity index is 2.06. The van der Waals surface area contributed by atoms with Crippen LogP contribution in [0.2, 0.25) is 0 Å². The molecular formula is C30H36FN3O4S. The first-order valence-electron chi connectivity index (χ1n) is 13.0. The van der Waals surface area contributed by atoms with Crippen LogP contribution < -0.4 is 9.62 Å². The third kappa shape index (κ3) is 7.44. The summed E-state index contributed by atoms with van der Waals surface area (Å²) >= 11 is 0. The van der Waals surface area contributed by atoms with Gasteiger partial charge in [-0.25, -0.2) is 12.8 Å². The SMILES string of the molecule is CCCNC(=O)C(CC)N(Cc1ccc(F)cc1)C(=O)CN(c1ccc(C)c(C)c1)S(=O)(=O)c1ccccc1. The fraction of sp³-hybridized carbons (Fsp3) is 0.333. The molecule has 0 radical (unpaired) electrons. The minimum Gasteiger partial charge on any atom is -0.354 e. The van der Waals surface area contributed by atoms with Gasteiger partial charge in [-0.3, -0.25) is 13.9 Å². The van der Waals surface area contributed by atoms with Crippen LogP contribution in [0.15, 0.2) is 77.7 Å². The van der Waals surface area contributed by atoms with Gasteiger partial charge < -0.3 is 10.2 Å². The molecule has 0 aromatic heterocycles. The minimum atomic E-state index is -4.12. The lowest BCUT2D eigenvalue weighted by atomic mass is 10.1. The van der Waals surface area contributed by atoms with E-state index in [0.29, 0.717) is 24.2 Å². The zero-order valence-corrected chi connectivity index (χ0v) is 23.7. The Morgan fingerprint density at radius 2 is 1.59 bits per heavy atom. The van der Waals surface area contributed by atoms with E-state index in [1.807, 2.05) is 26.8 Å². The quantitative estimate of drug-likeness (QED) is 0.343. The first-order valence-corrected chi connectivity index (χ1v) is 14.5. The summed E-state index contributed by atoms with van der Waals surface area (Å²) in [6.45, 7) is 7.47. The molecule has 208 valence electrons. The molecular weight excluding hydrogens is 517 g/mol. The molecule has 0 fully saturated rings. The average Bonchev–Trinajstić information content (AvgIpc) is 2.93. The van der Waals surface area contributed by atoms with Crippen LogP contribution in [0.4, 0.5) is 10.1 Å². The van der Waals surface area contributed by atoms with Gasteiger partial charge in [0.25, 0.3) is 10.0 Å². The molecule has 0 heterocycles. The number of rotatable bonds is 12. The zero-order valence-electron chi connectivity index (χ0n) is 22.9. The Kier molecular flexibility index (Phi) is 10.2. The summed E-state index contributed by atoms with van der Waals surface area (Å²) in [7, 11) is -4.12. The molecule has 2 amide bonds. The first kappa shape index (κ1) is 29.8. The Morgan fingerprint density at radius 1 is 0.923 bits per heavy atom. The number of halogens is 1. The molecule has 1 atom stereocenters. The number of nitrogens with zero attached hydrogens (tertiary/aromatic N) is 2. The monoisotopic (exact) mass is 553 g/mol. The molecule has 0 saturated carbocycles. The highest BCUT2D eigenvalue weighted by Gasteiger charge is 2.33. The van der Waals surface area contributed by atoms with E-state index < -0.39 is 34.3 Å². The van der Waals surface area contributed by atoms with Gasteiger partial charge in [-0.05, 0) is 79.8 Å². The van der Waals surface area contributed by atoms with E-state index in [1.54, 1.807) is 49.4 Å². The number of hydrogen-bond acceptors (Lipinski definition) is 4. The average molecular weight is 554 g/mol. The second kappa shape index (κ2) is 13.4. The van der Waals surface area contributed by atoms with E-state index in [9.17, 15) is 22.4 Å². The molecule has 0 bridgehead atoms. The van der Waals surface area contributed by atoms with Crippen molar-refractivity contribution >= 4 is 27.5 Å². The van der Waals surface area contributed by atoms with Crippen LogP contribution in [0, 0.1) is 19.7 Å². The maximum absolute atomic E-state index is 14.0. The molecule has 0 spiro atoms. The molecule has 3 aromatic rings. The lowest BCUT2D eigenvalue weighted by Gasteiger charge is -2.33. The topological polar surface area (TPSA) is 86.8 Å². The Hall–Kier alpha value is -3.72. The lowest BCUT2D eigenvalue weighted by molar-refractivity contribution is -0.140. The van der Waals surface area contributed by atoms with Gasteiger partial charge in [0.05, 0.1) is 10.6 Å². The highest BCUT2D eigenvalue weighted by atomic mass is 32.2. The normalized spacial score (nSPS) is 12.0. The van der Waals surface area contributed by atoms with E-state index >= 15 is 0 Å². The van der Waals surface area contributed by atoms with Crippen molar-refractivity contribution in [3.8, 4) is 0 Å². The maximum atomic E-state index is 14.0. The Morgan fingerprint density at radius 3 is 2.18 bits per heavy atom. The van der Waals surface area contributed by atoms with Gasteiger partial charge >= 0.3 is 0 Å². The summed E-state index contributed by atoms with van der Waals surface area (Å²) in [6, 6.07) is 18.0. The van der Waals surface area contributed by atoms with Crippen LogP contribution in [0.3, 0.4) is 0 Å². The Labute approximate surface area is 230 Å². The number of hydrogen-bond donors (Lipinski definition) is 1. The standard InChI is InChI=1S/C30H36FN3O4S/c1-5-18-32-30(36)28(6-2)33(20-24-13-15-25(31)16-14-24)29(35)21-34(26-17-12-22(3)23(4)19-26)39(37,38)27-10-8-7-9-11-27/h7-17,19,28H,5-6,18,20-21H2,1-4H3,(H,32,36). The molecule has 0 aliphatic rings. The van der Waals surface area contributed by atoms with Crippen LogP contribution in [0.1, 0.15) is 43.4 Å². The third-order valence-electron chi connectivity index (χ3n) is 6.59. The van der Waals surface area contributed by atoms with Crippen molar-refractivity contribution in [2.75, 3.05) is 17.4 Å². The van der Waals surface area contributed by atoms with Gasteiger partial charge in [-0.15, -0.1) is 0 Å². The number of aryl methyl sites for hydroxylation is 2. The van der Waals surface area contributed by atoms with Gasteiger partial charge in [-0.1, -0.05) is 50.2 Å². The fourth-order valence-electron chi connectivity index (χ4n) is 4.20. The van der Waals surface area contributed by atoms with Crippen LogP contribution in [0.25, 0.3) is 0 Å². The third-order valence-corrected chi connectivity index (χ3v) is 8.38. The van der Waals surface area contributed by atoms with E-state index in [1.165, 1.54) is 29.2 Å². The minimum absolute atomic E-state index is 0.0172. The second-order valence-electron chi connectivity index (χ2n) is 9.46. The van der Waals surface area contributed by atoms with Gasteiger partial charge in [0, 0.05) is 13.1 Å². The summed E-state index contributed by atoms with van der Waals surface area (Å²) in [5, 5.41) is 2.84. The van der Waals surface area contributed by atoms with Crippen LogP contribution in [-0.2, 0) is 26.2 Å². The number of sulfonamides is 1. The van der Waals surface area contributed by atoms with Crippen molar-refractivity contribution in [1.82, 2.24) is 10.2 Å². The molecule has 1 N–H and O–H groups in total. The van der Waals surface area contributed by atoms with Gasteiger partial charge in [0.2, 0.25) is 11.8 Å². The maximum Gasteiger partial charge on any atom is 0.264 e.